The minimum Gasteiger partial charge on any atom is -0.385 e. The topological polar surface area (TPSA) is 62.3 Å². The Labute approximate surface area is 103 Å². The second-order valence-corrected chi connectivity index (χ2v) is 4.19. The van der Waals surface area contributed by atoms with Crippen LogP contribution in [0.15, 0.2) is 24.3 Å². The molecule has 0 aliphatic carbocycles. The molecule has 0 bridgehead atoms. The molecule has 0 aromatic heterocycles. The van der Waals surface area contributed by atoms with Crippen molar-refractivity contribution in [2.75, 3.05) is 27.3 Å². The van der Waals surface area contributed by atoms with Crippen LogP contribution in [-0.2, 0) is 11.3 Å². The van der Waals surface area contributed by atoms with E-state index in [0.717, 1.165) is 31.7 Å². The summed E-state index contributed by atoms with van der Waals surface area (Å²) in [5.41, 5.74) is 7.41. The van der Waals surface area contributed by atoms with Crippen LogP contribution in [0.2, 0.25) is 0 Å². The number of nitrogens with two attached hydrogens (primary N) is 1. The Balaban J connectivity index is 2.43. The molecule has 4 heteroatoms. The Morgan fingerprint density at radius 1 is 1.35 bits per heavy atom. The summed E-state index contributed by atoms with van der Waals surface area (Å²) in [5, 5.41) is 7.31. The van der Waals surface area contributed by atoms with Crippen LogP contribution in [0.25, 0.3) is 0 Å². The van der Waals surface area contributed by atoms with Gasteiger partial charge in [0.05, 0.1) is 0 Å². The molecule has 0 saturated heterocycles. The Kier molecular flexibility index (Phi) is 5.66. The van der Waals surface area contributed by atoms with Gasteiger partial charge >= 0.3 is 0 Å². The lowest BCUT2D eigenvalue weighted by atomic mass is 10.1. The fourth-order valence-corrected chi connectivity index (χ4v) is 1.66. The van der Waals surface area contributed by atoms with Crippen molar-refractivity contribution in [1.29, 1.82) is 5.41 Å². The quantitative estimate of drug-likeness (QED) is 0.427. The molecule has 0 atom stereocenters. The number of nitrogens with one attached hydrogen (secondary N) is 1. The maximum Gasteiger partial charge on any atom is 0.122 e. The lowest BCUT2D eigenvalue weighted by molar-refractivity contribution is 0.178. The average molecular weight is 235 g/mol. The molecule has 1 aromatic carbocycles. The van der Waals surface area contributed by atoms with E-state index in [1.165, 1.54) is 5.56 Å². The molecule has 0 spiro atoms. The zero-order chi connectivity index (χ0) is 12.7. The third-order valence-corrected chi connectivity index (χ3v) is 2.61. The first kappa shape index (κ1) is 13.7. The van der Waals surface area contributed by atoms with Gasteiger partial charge in [-0.25, -0.2) is 0 Å². The van der Waals surface area contributed by atoms with Gasteiger partial charge in [0.15, 0.2) is 0 Å². The molecular formula is C13H21N3O. The number of hydrogen-bond acceptors (Lipinski definition) is 3. The van der Waals surface area contributed by atoms with E-state index in [1.54, 1.807) is 7.11 Å². The molecule has 3 N–H and O–H groups in total. The number of ether oxygens (including phenoxy) is 1. The molecule has 0 amide bonds. The number of rotatable bonds is 7. The molecule has 0 saturated carbocycles. The van der Waals surface area contributed by atoms with Crippen LogP contribution in [0.3, 0.4) is 0 Å². The Morgan fingerprint density at radius 2 is 2.00 bits per heavy atom. The fourth-order valence-electron chi connectivity index (χ4n) is 1.66. The molecule has 17 heavy (non-hydrogen) atoms. The summed E-state index contributed by atoms with van der Waals surface area (Å²) in [4.78, 5) is 2.25. The van der Waals surface area contributed by atoms with Crippen LogP contribution in [-0.4, -0.2) is 38.0 Å². The number of methoxy groups -OCH3 is 1. The van der Waals surface area contributed by atoms with E-state index >= 15 is 0 Å². The molecule has 0 aliphatic heterocycles. The summed E-state index contributed by atoms with van der Waals surface area (Å²) in [7, 11) is 3.81. The second-order valence-electron chi connectivity index (χ2n) is 4.19. The first-order valence-electron chi connectivity index (χ1n) is 5.74. The third kappa shape index (κ3) is 4.97. The van der Waals surface area contributed by atoms with Gasteiger partial charge < -0.3 is 15.4 Å². The lowest BCUT2D eigenvalue weighted by Gasteiger charge is -2.16. The molecular weight excluding hydrogens is 214 g/mol. The van der Waals surface area contributed by atoms with Crippen LogP contribution in [0.1, 0.15) is 17.5 Å². The van der Waals surface area contributed by atoms with E-state index in [2.05, 4.69) is 11.9 Å². The zero-order valence-electron chi connectivity index (χ0n) is 10.6. The highest BCUT2D eigenvalue weighted by molar-refractivity contribution is 5.94. The van der Waals surface area contributed by atoms with Crippen molar-refractivity contribution >= 4 is 5.84 Å². The van der Waals surface area contributed by atoms with E-state index in [9.17, 15) is 0 Å². The maximum atomic E-state index is 7.31. The van der Waals surface area contributed by atoms with Gasteiger partial charge in [-0.3, -0.25) is 5.41 Å². The minimum atomic E-state index is 0.116. The molecule has 0 fully saturated rings. The van der Waals surface area contributed by atoms with Crippen molar-refractivity contribution in [3.63, 3.8) is 0 Å². The van der Waals surface area contributed by atoms with Crippen LogP contribution in [0.5, 0.6) is 0 Å². The van der Waals surface area contributed by atoms with Crippen molar-refractivity contribution in [3.05, 3.63) is 35.4 Å². The van der Waals surface area contributed by atoms with E-state index in [0.29, 0.717) is 0 Å². The van der Waals surface area contributed by atoms with Crippen molar-refractivity contribution < 1.29 is 4.74 Å². The largest absolute Gasteiger partial charge is 0.385 e. The van der Waals surface area contributed by atoms with E-state index in [4.69, 9.17) is 15.9 Å². The normalized spacial score (nSPS) is 10.8. The summed E-state index contributed by atoms with van der Waals surface area (Å²) < 4.78 is 5.02. The van der Waals surface area contributed by atoms with Crippen LogP contribution >= 0.6 is 0 Å². The number of hydrogen-bond donors (Lipinski definition) is 2. The standard InChI is InChI=1S/C13H21N3O/c1-16(8-3-9-17-2)10-11-4-6-12(7-5-11)13(14)15/h4-7H,3,8-10H2,1-2H3,(H3,14,15). The zero-order valence-corrected chi connectivity index (χ0v) is 10.6. The van der Waals surface area contributed by atoms with E-state index in [1.807, 2.05) is 24.3 Å². The van der Waals surface area contributed by atoms with Crippen LogP contribution < -0.4 is 5.73 Å². The van der Waals surface area contributed by atoms with Gasteiger partial charge in [0.2, 0.25) is 0 Å². The average Bonchev–Trinajstić information content (AvgIpc) is 2.30. The summed E-state index contributed by atoms with van der Waals surface area (Å²) in [6.45, 7) is 2.72. The molecule has 0 unspecified atom stereocenters. The Bertz CT molecular complexity index is 348. The first-order chi connectivity index (χ1) is 8.13. The number of amidine groups is 1. The molecule has 0 aliphatic rings. The van der Waals surface area contributed by atoms with Crippen molar-refractivity contribution in [2.45, 2.75) is 13.0 Å². The number of nitrogens with zero attached hydrogens (tertiary/aromatic N) is 1. The number of benzene rings is 1. The monoisotopic (exact) mass is 235 g/mol. The lowest BCUT2D eigenvalue weighted by Crippen LogP contribution is -2.20. The van der Waals surface area contributed by atoms with Gasteiger partial charge in [0.25, 0.3) is 0 Å². The van der Waals surface area contributed by atoms with Gasteiger partial charge in [0, 0.05) is 32.4 Å². The van der Waals surface area contributed by atoms with Gasteiger partial charge in [-0.05, 0) is 19.0 Å². The van der Waals surface area contributed by atoms with Gasteiger partial charge in [-0.1, -0.05) is 24.3 Å². The predicted octanol–water partition coefficient (Wildman–Crippen LogP) is 1.44. The first-order valence-corrected chi connectivity index (χ1v) is 5.74. The molecule has 0 radical (unpaired) electrons. The highest BCUT2D eigenvalue weighted by atomic mass is 16.5. The maximum absolute atomic E-state index is 7.31. The third-order valence-electron chi connectivity index (χ3n) is 2.61. The van der Waals surface area contributed by atoms with E-state index in [-0.39, 0.29) is 5.84 Å². The highest BCUT2D eigenvalue weighted by Crippen LogP contribution is 2.06. The molecule has 0 heterocycles. The summed E-state index contributed by atoms with van der Waals surface area (Å²) >= 11 is 0. The smallest absolute Gasteiger partial charge is 0.122 e. The Hall–Kier alpha value is -1.39. The minimum absolute atomic E-state index is 0.116. The summed E-state index contributed by atoms with van der Waals surface area (Å²) in [6.07, 6.45) is 1.04. The summed E-state index contributed by atoms with van der Waals surface area (Å²) in [5.74, 6) is 0.116. The highest BCUT2D eigenvalue weighted by Gasteiger charge is 2.01. The molecule has 1 rings (SSSR count). The van der Waals surface area contributed by atoms with Crippen LogP contribution in [0, 0.1) is 5.41 Å². The van der Waals surface area contributed by atoms with Crippen LogP contribution in [0.4, 0.5) is 0 Å². The fraction of sp³-hybridized carbons (Fsp3) is 0.462. The number of nitrogen functional groups attached to an aromatic ring is 1. The van der Waals surface area contributed by atoms with E-state index < -0.39 is 0 Å². The second kappa shape index (κ2) is 7.04. The summed E-state index contributed by atoms with van der Waals surface area (Å²) in [6, 6.07) is 7.81. The van der Waals surface area contributed by atoms with Gasteiger partial charge in [0.1, 0.15) is 5.84 Å². The van der Waals surface area contributed by atoms with Crippen molar-refractivity contribution in [1.82, 2.24) is 4.90 Å². The van der Waals surface area contributed by atoms with Crippen molar-refractivity contribution in [3.8, 4) is 0 Å². The molecule has 94 valence electrons. The van der Waals surface area contributed by atoms with Crippen molar-refractivity contribution in [2.24, 2.45) is 5.73 Å². The SMILES string of the molecule is COCCCN(C)Cc1ccc(C(=N)N)cc1. The van der Waals surface area contributed by atoms with Gasteiger partial charge in [-0.15, -0.1) is 0 Å². The van der Waals surface area contributed by atoms with Gasteiger partial charge in [-0.2, -0.15) is 0 Å². The molecule has 4 nitrogen and oxygen atoms in total. The molecule has 1 aromatic rings. The Morgan fingerprint density at radius 3 is 2.53 bits per heavy atom. The predicted molar refractivity (Wildman–Crippen MR) is 70.3 cm³/mol.